The Balaban J connectivity index is 1.15. The Morgan fingerprint density at radius 1 is 1.02 bits per heavy atom. The van der Waals surface area contributed by atoms with E-state index in [2.05, 4.69) is 51.3 Å². The number of amides is 2. The number of urea groups is 1. The number of nitrogens with zero attached hydrogens (tertiary/aromatic N) is 5. The molecule has 250 valence electrons. The first-order valence-corrected chi connectivity index (χ1v) is 16.8. The van der Waals surface area contributed by atoms with Crippen molar-refractivity contribution < 1.29 is 19.0 Å². The van der Waals surface area contributed by atoms with Crippen molar-refractivity contribution in [2.24, 2.45) is 0 Å². The molecule has 0 radical (unpaired) electrons. The number of aromatic nitrogens is 5. The molecule has 3 aromatic heterocycles. The predicted octanol–water partition coefficient (Wildman–Crippen LogP) is 5.67. The highest BCUT2D eigenvalue weighted by Gasteiger charge is 2.22. The monoisotopic (exact) mass is 670 g/mol. The lowest BCUT2D eigenvalue weighted by Crippen LogP contribution is -2.38. The number of H-pyrrole nitrogens is 1. The molecule has 1 fully saturated rings. The van der Waals surface area contributed by atoms with Gasteiger partial charge in [-0.05, 0) is 48.7 Å². The molecule has 13 nitrogen and oxygen atoms in total. The molecule has 14 heteroatoms. The van der Waals surface area contributed by atoms with E-state index >= 15 is 0 Å². The van der Waals surface area contributed by atoms with Crippen LogP contribution in [-0.2, 0) is 10.2 Å². The number of hydrogen-bond donors (Lipinski definition) is 3. The first kappa shape index (κ1) is 33.0. The SMILES string of the molecule is CSc1cc(Oc2ccnc3[nH]c(=O)cnc23)ccc1NC(=O)Nc1cc(C(C)(C)C)nn1-c1ccc(OCCN2CCOCC2)cc1. The van der Waals surface area contributed by atoms with Crippen LogP contribution < -0.4 is 25.7 Å². The number of pyridine rings is 1. The van der Waals surface area contributed by atoms with Crippen molar-refractivity contribution in [3.05, 3.63) is 83.0 Å². The summed E-state index contributed by atoms with van der Waals surface area (Å²) in [5.74, 6) is 2.27. The Morgan fingerprint density at radius 3 is 2.54 bits per heavy atom. The van der Waals surface area contributed by atoms with Gasteiger partial charge < -0.3 is 24.5 Å². The third-order valence-electron chi connectivity index (χ3n) is 7.67. The highest BCUT2D eigenvalue weighted by molar-refractivity contribution is 7.98. The molecule has 6 rings (SSSR count). The number of anilines is 2. The summed E-state index contributed by atoms with van der Waals surface area (Å²) < 4.78 is 19.2. The van der Waals surface area contributed by atoms with E-state index in [4.69, 9.17) is 19.3 Å². The quantitative estimate of drug-likeness (QED) is 0.159. The predicted molar refractivity (Wildman–Crippen MR) is 186 cm³/mol. The highest BCUT2D eigenvalue weighted by atomic mass is 32.2. The van der Waals surface area contributed by atoms with Gasteiger partial charge in [-0.3, -0.25) is 15.0 Å². The zero-order valence-electron chi connectivity index (χ0n) is 27.3. The van der Waals surface area contributed by atoms with Gasteiger partial charge >= 0.3 is 6.03 Å². The first-order valence-electron chi connectivity index (χ1n) is 15.6. The summed E-state index contributed by atoms with van der Waals surface area (Å²) in [7, 11) is 0. The van der Waals surface area contributed by atoms with Crippen LogP contribution in [0.15, 0.2) is 76.7 Å². The molecule has 5 aromatic rings. The Kier molecular flexibility index (Phi) is 9.94. The molecule has 0 saturated carbocycles. The van der Waals surface area contributed by atoms with Gasteiger partial charge in [-0.1, -0.05) is 20.8 Å². The van der Waals surface area contributed by atoms with Crippen molar-refractivity contribution in [2.45, 2.75) is 31.1 Å². The van der Waals surface area contributed by atoms with Crippen molar-refractivity contribution in [1.82, 2.24) is 29.6 Å². The van der Waals surface area contributed by atoms with Crippen molar-refractivity contribution in [1.29, 1.82) is 0 Å². The molecule has 1 aliphatic rings. The zero-order chi connectivity index (χ0) is 33.7. The number of hydrogen-bond acceptors (Lipinski definition) is 10. The van der Waals surface area contributed by atoms with Gasteiger partial charge in [-0.15, -0.1) is 11.8 Å². The third-order valence-corrected chi connectivity index (χ3v) is 8.45. The average molecular weight is 671 g/mol. The second kappa shape index (κ2) is 14.5. The van der Waals surface area contributed by atoms with Gasteiger partial charge in [0.2, 0.25) is 0 Å². The van der Waals surface area contributed by atoms with Crippen LogP contribution in [0.2, 0.25) is 0 Å². The summed E-state index contributed by atoms with van der Waals surface area (Å²) in [5, 5.41) is 10.8. The van der Waals surface area contributed by atoms with E-state index in [1.54, 1.807) is 22.9 Å². The van der Waals surface area contributed by atoms with E-state index in [9.17, 15) is 9.59 Å². The number of nitrogens with one attached hydrogen (secondary N) is 3. The Bertz CT molecular complexity index is 1950. The van der Waals surface area contributed by atoms with Gasteiger partial charge in [-0.25, -0.2) is 19.4 Å². The third kappa shape index (κ3) is 7.95. The minimum Gasteiger partial charge on any atom is -0.492 e. The van der Waals surface area contributed by atoms with Crippen LogP contribution in [-0.4, -0.2) is 81.4 Å². The molecule has 0 aliphatic carbocycles. The summed E-state index contributed by atoms with van der Waals surface area (Å²) in [5.41, 5.74) is 2.40. The van der Waals surface area contributed by atoms with Crippen LogP contribution in [0.4, 0.5) is 16.3 Å². The van der Waals surface area contributed by atoms with Crippen LogP contribution in [0.3, 0.4) is 0 Å². The summed E-state index contributed by atoms with van der Waals surface area (Å²) >= 11 is 1.46. The maximum absolute atomic E-state index is 13.4. The maximum atomic E-state index is 13.4. The van der Waals surface area contributed by atoms with Gasteiger partial charge in [0.05, 0.1) is 36.5 Å². The lowest BCUT2D eigenvalue weighted by molar-refractivity contribution is 0.0322. The minimum absolute atomic E-state index is 0.243. The van der Waals surface area contributed by atoms with E-state index in [1.165, 1.54) is 24.2 Å². The summed E-state index contributed by atoms with van der Waals surface area (Å²) in [4.78, 5) is 39.1. The van der Waals surface area contributed by atoms with Gasteiger partial charge in [-0.2, -0.15) is 5.10 Å². The van der Waals surface area contributed by atoms with E-state index in [0.29, 0.717) is 40.8 Å². The number of thioether (sulfide) groups is 1. The average Bonchev–Trinajstić information content (AvgIpc) is 3.50. The largest absolute Gasteiger partial charge is 0.492 e. The van der Waals surface area contributed by atoms with Crippen molar-refractivity contribution in [2.75, 3.05) is 56.3 Å². The zero-order valence-corrected chi connectivity index (χ0v) is 28.1. The Labute approximate surface area is 282 Å². The maximum Gasteiger partial charge on any atom is 0.324 e. The van der Waals surface area contributed by atoms with Gasteiger partial charge in [0.25, 0.3) is 5.56 Å². The molecule has 1 saturated heterocycles. The molecule has 0 spiro atoms. The van der Waals surface area contributed by atoms with Gasteiger partial charge in [0.1, 0.15) is 29.4 Å². The smallest absolute Gasteiger partial charge is 0.324 e. The lowest BCUT2D eigenvalue weighted by Gasteiger charge is -2.26. The molecule has 4 heterocycles. The first-order chi connectivity index (χ1) is 23.2. The highest BCUT2D eigenvalue weighted by Crippen LogP contribution is 2.34. The summed E-state index contributed by atoms with van der Waals surface area (Å²) in [6, 6.07) is 16.2. The molecule has 0 unspecified atom stereocenters. The molecule has 2 amide bonds. The second-order valence-corrected chi connectivity index (χ2v) is 13.0. The van der Waals surface area contributed by atoms with Crippen LogP contribution >= 0.6 is 11.8 Å². The number of ether oxygens (including phenoxy) is 3. The topological polar surface area (TPSA) is 149 Å². The number of fused-ring (bicyclic) bond motifs is 1. The van der Waals surface area contributed by atoms with Crippen LogP contribution in [0.5, 0.6) is 17.2 Å². The fourth-order valence-corrected chi connectivity index (χ4v) is 5.65. The molecular weight excluding hydrogens is 632 g/mol. The lowest BCUT2D eigenvalue weighted by atomic mass is 9.92. The fraction of sp³-hybridized carbons (Fsp3) is 0.324. The number of carbonyl (C=O) groups excluding carboxylic acids is 1. The van der Waals surface area contributed by atoms with Crippen molar-refractivity contribution in [3.8, 4) is 22.9 Å². The second-order valence-electron chi connectivity index (χ2n) is 12.2. The van der Waals surface area contributed by atoms with Gasteiger partial charge in [0.15, 0.2) is 11.4 Å². The molecule has 0 atom stereocenters. The molecular formula is C34H38N8O5S. The standard InChI is InChI=1S/C34H38N8O5S/c1-34(2,3)28-20-29(42(40-28)22-5-7-23(8-6-22)46-18-15-41-13-16-45-17-14-41)38-33(44)37-25-10-9-24(19-27(25)48-4)47-26-11-12-35-32-31(26)36-21-30(43)39-32/h5-12,19-21H,13-18H2,1-4H3,(H,35,39,43)(H2,37,38,44). The van der Waals surface area contributed by atoms with Crippen LogP contribution in [0, 0.1) is 0 Å². The number of carbonyl (C=O) groups is 1. The fourth-order valence-electron chi connectivity index (χ4n) is 5.08. The normalized spacial score (nSPS) is 13.8. The number of morpholine rings is 1. The number of rotatable bonds is 10. The van der Waals surface area contributed by atoms with E-state index < -0.39 is 6.03 Å². The summed E-state index contributed by atoms with van der Waals surface area (Å²) in [6.45, 7) is 11.0. The van der Waals surface area contributed by atoms with E-state index in [-0.39, 0.29) is 11.0 Å². The molecule has 1 aliphatic heterocycles. The Hall–Kier alpha value is -4.92. The number of aromatic amines is 1. The van der Waals surface area contributed by atoms with Crippen molar-refractivity contribution >= 4 is 40.5 Å². The molecule has 2 aromatic carbocycles. The van der Waals surface area contributed by atoms with E-state index in [1.807, 2.05) is 42.7 Å². The van der Waals surface area contributed by atoms with Crippen LogP contribution in [0.25, 0.3) is 16.9 Å². The van der Waals surface area contributed by atoms with Gasteiger partial charge in [0, 0.05) is 48.3 Å². The number of benzene rings is 2. The molecule has 3 N–H and O–H groups in total. The molecule has 0 bridgehead atoms. The van der Waals surface area contributed by atoms with Crippen LogP contribution in [0.1, 0.15) is 26.5 Å². The minimum atomic E-state index is -0.420. The van der Waals surface area contributed by atoms with E-state index in [0.717, 1.165) is 54.9 Å². The molecule has 48 heavy (non-hydrogen) atoms. The summed E-state index contributed by atoms with van der Waals surface area (Å²) in [6.07, 6.45) is 4.64. The Morgan fingerprint density at radius 2 is 1.79 bits per heavy atom. The van der Waals surface area contributed by atoms with Crippen molar-refractivity contribution in [3.63, 3.8) is 0 Å².